The number of benzene rings is 3. The van der Waals surface area contributed by atoms with Gasteiger partial charge in [-0.1, -0.05) is 35.9 Å². The third kappa shape index (κ3) is 3.65. The lowest BCUT2D eigenvalue weighted by Crippen LogP contribution is -2.60. The van der Waals surface area contributed by atoms with Gasteiger partial charge in [-0.15, -0.1) is 23.2 Å². The lowest BCUT2D eigenvalue weighted by atomic mass is 9.56. The van der Waals surface area contributed by atoms with Gasteiger partial charge < -0.3 is 9.52 Å². The molecule has 8 rings (SSSR count). The monoisotopic (exact) mass is 641 g/mol. The van der Waals surface area contributed by atoms with Crippen molar-refractivity contribution >= 4 is 63.6 Å². The summed E-state index contributed by atoms with van der Waals surface area (Å²) in [5, 5.41) is 10.3. The predicted octanol–water partition coefficient (Wildman–Crippen LogP) is 5.39. The number of allylic oxidation sites excluding steroid dienone is 2. The van der Waals surface area contributed by atoms with E-state index in [-0.39, 0.29) is 24.5 Å². The molecule has 4 aliphatic rings. The fourth-order valence-electron chi connectivity index (χ4n) is 7.83. The zero-order chi connectivity index (χ0) is 31.4. The number of hydrogen-bond donors (Lipinski definition) is 1. The standard InChI is InChI=1S/C34H25Cl2N3O6/c1-38-31(43)33(35)16-23-21(27(34(33,36)32(38)44)18-5-4-6-20(40)15-18)13-14-22-26(23)30(42)39(29(22)41)19-11-9-17(10-12-19)28-37-24-7-2-3-8-25(24)45-28/h2-13,15,22-23,26-27,40H,14,16H2,1H3. The number of anilines is 1. The number of oxazole rings is 1. The van der Waals surface area contributed by atoms with Crippen LogP contribution in [0.5, 0.6) is 5.75 Å². The first-order chi connectivity index (χ1) is 21.5. The number of phenols is 1. The third-order valence-electron chi connectivity index (χ3n) is 9.88. The zero-order valence-electron chi connectivity index (χ0n) is 23.8. The number of phenolic OH excluding ortho intramolecular Hbond substituents is 1. The van der Waals surface area contributed by atoms with Crippen molar-refractivity contribution in [3.05, 3.63) is 90.0 Å². The van der Waals surface area contributed by atoms with Crippen LogP contribution >= 0.6 is 23.2 Å². The maximum Gasteiger partial charge on any atom is 0.253 e. The van der Waals surface area contributed by atoms with E-state index >= 15 is 0 Å². The molecule has 6 unspecified atom stereocenters. The Morgan fingerprint density at radius 1 is 0.911 bits per heavy atom. The summed E-state index contributed by atoms with van der Waals surface area (Å²) in [7, 11) is 1.34. The van der Waals surface area contributed by atoms with Gasteiger partial charge in [0.25, 0.3) is 11.8 Å². The summed E-state index contributed by atoms with van der Waals surface area (Å²) in [5.41, 5.74) is 3.62. The summed E-state index contributed by atoms with van der Waals surface area (Å²) in [6.45, 7) is 0. The van der Waals surface area contributed by atoms with Gasteiger partial charge in [0.2, 0.25) is 17.7 Å². The van der Waals surface area contributed by atoms with E-state index in [1.54, 1.807) is 36.4 Å². The van der Waals surface area contributed by atoms with Gasteiger partial charge in [0.1, 0.15) is 11.3 Å². The number of hydrogen-bond acceptors (Lipinski definition) is 7. The topological polar surface area (TPSA) is 121 Å². The number of nitrogens with zero attached hydrogens (tertiary/aromatic N) is 3. The minimum absolute atomic E-state index is 0.0472. The average Bonchev–Trinajstić information content (AvgIpc) is 3.62. The number of rotatable bonds is 3. The van der Waals surface area contributed by atoms with E-state index in [4.69, 9.17) is 27.6 Å². The van der Waals surface area contributed by atoms with Crippen molar-refractivity contribution in [3.8, 4) is 17.2 Å². The Hall–Kier alpha value is -4.47. The molecular weight excluding hydrogens is 617 g/mol. The van der Waals surface area contributed by atoms with Crippen LogP contribution in [0.25, 0.3) is 22.6 Å². The van der Waals surface area contributed by atoms with E-state index in [0.717, 1.165) is 10.4 Å². The van der Waals surface area contributed by atoms with Crippen LogP contribution < -0.4 is 4.90 Å². The molecule has 3 fully saturated rings. The number of para-hydroxylation sites is 2. The molecule has 226 valence electrons. The number of aromatic hydroxyl groups is 1. The molecule has 2 aliphatic heterocycles. The van der Waals surface area contributed by atoms with Gasteiger partial charge in [-0.2, -0.15) is 0 Å². The minimum atomic E-state index is -1.89. The number of carbonyl (C=O) groups is 4. The Kier molecular flexibility index (Phi) is 5.93. The molecule has 11 heteroatoms. The van der Waals surface area contributed by atoms with Crippen LogP contribution in [0.1, 0.15) is 24.3 Å². The Bertz CT molecular complexity index is 1970. The Morgan fingerprint density at radius 3 is 2.40 bits per heavy atom. The third-order valence-corrected chi connectivity index (χ3v) is 11.3. The van der Waals surface area contributed by atoms with Gasteiger partial charge in [0.15, 0.2) is 15.3 Å². The van der Waals surface area contributed by atoms with E-state index in [0.29, 0.717) is 33.9 Å². The molecular formula is C34H25Cl2N3O6. The van der Waals surface area contributed by atoms with Crippen molar-refractivity contribution < 1.29 is 28.7 Å². The smallest absolute Gasteiger partial charge is 0.253 e. The van der Waals surface area contributed by atoms with E-state index in [1.807, 2.05) is 30.3 Å². The summed E-state index contributed by atoms with van der Waals surface area (Å²) in [5.74, 6) is -4.75. The molecule has 1 aromatic heterocycles. The molecule has 2 aliphatic carbocycles. The summed E-state index contributed by atoms with van der Waals surface area (Å²) in [4.78, 5) is 58.2. The fraction of sp³-hybridized carbons (Fsp3) is 0.265. The molecule has 1 N–H and O–H groups in total. The van der Waals surface area contributed by atoms with Crippen LogP contribution in [0.4, 0.5) is 5.69 Å². The van der Waals surface area contributed by atoms with E-state index < -0.39 is 51.1 Å². The van der Waals surface area contributed by atoms with E-state index in [9.17, 15) is 24.3 Å². The van der Waals surface area contributed by atoms with Crippen molar-refractivity contribution in [2.45, 2.75) is 28.5 Å². The van der Waals surface area contributed by atoms with Crippen molar-refractivity contribution in [2.24, 2.45) is 17.8 Å². The summed E-state index contributed by atoms with van der Waals surface area (Å²) >= 11 is 14.3. The number of imide groups is 2. The first-order valence-corrected chi connectivity index (χ1v) is 15.3. The molecule has 0 bridgehead atoms. The van der Waals surface area contributed by atoms with Crippen molar-refractivity contribution in [2.75, 3.05) is 11.9 Å². The molecule has 9 nitrogen and oxygen atoms in total. The molecule has 45 heavy (non-hydrogen) atoms. The van der Waals surface area contributed by atoms with Gasteiger partial charge in [0, 0.05) is 18.5 Å². The average molecular weight is 642 g/mol. The number of halogens is 2. The van der Waals surface area contributed by atoms with Gasteiger partial charge >= 0.3 is 0 Å². The number of likely N-dealkylation sites (tertiary alicyclic amines) is 1. The Balaban J connectivity index is 1.18. The minimum Gasteiger partial charge on any atom is -0.508 e. The fourth-order valence-corrected chi connectivity index (χ4v) is 8.85. The van der Waals surface area contributed by atoms with Gasteiger partial charge in [-0.25, -0.2) is 4.98 Å². The molecule has 0 radical (unpaired) electrons. The highest BCUT2D eigenvalue weighted by Crippen LogP contribution is 2.65. The maximum atomic E-state index is 14.2. The molecule has 2 saturated heterocycles. The predicted molar refractivity (Wildman–Crippen MR) is 166 cm³/mol. The highest BCUT2D eigenvalue weighted by molar-refractivity contribution is 6.53. The Labute approximate surface area is 267 Å². The molecule has 4 aromatic rings. The normalized spacial score (nSPS) is 30.9. The Morgan fingerprint density at radius 2 is 1.67 bits per heavy atom. The van der Waals surface area contributed by atoms with Crippen LogP contribution in [0.15, 0.2) is 88.9 Å². The molecule has 3 heterocycles. The maximum absolute atomic E-state index is 14.2. The number of carbonyl (C=O) groups excluding carboxylic acids is 4. The van der Waals surface area contributed by atoms with Crippen LogP contribution in [-0.2, 0) is 19.2 Å². The van der Waals surface area contributed by atoms with E-state index in [1.165, 1.54) is 24.1 Å². The SMILES string of the molecule is CN1C(=O)C2(Cl)CC3C(=CCC4C(=O)N(c5ccc(-c6nc7ccccc7o6)cc5)C(=O)C43)C(c3cccc(O)c3)C2(Cl)C1=O. The molecule has 0 spiro atoms. The highest BCUT2D eigenvalue weighted by Gasteiger charge is 2.75. The van der Waals surface area contributed by atoms with Crippen molar-refractivity contribution in [1.82, 2.24) is 9.88 Å². The van der Waals surface area contributed by atoms with Gasteiger partial charge in [-0.05, 0) is 72.9 Å². The van der Waals surface area contributed by atoms with Crippen LogP contribution in [0.2, 0.25) is 0 Å². The first-order valence-electron chi connectivity index (χ1n) is 14.6. The first kappa shape index (κ1) is 28.0. The second-order valence-corrected chi connectivity index (χ2v) is 13.4. The molecule has 4 amide bonds. The summed E-state index contributed by atoms with van der Waals surface area (Å²) in [6.07, 6.45) is 2.01. The number of alkyl halides is 2. The highest BCUT2D eigenvalue weighted by atomic mass is 35.5. The number of amides is 4. The molecule has 1 saturated carbocycles. The lowest BCUT2D eigenvalue weighted by Gasteiger charge is -2.50. The van der Waals surface area contributed by atoms with Crippen molar-refractivity contribution in [3.63, 3.8) is 0 Å². The van der Waals surface area contributed by atoms with Crippen LogP contribution in [-0.4, -0.2) is 55.4 Å². The molecule has 6 atom stereocenters. The van der Waals surface area contributed by atoms with E-state index in [2.05, 4.69) is 4.98 Å². The lowest BCUT2D eigenvalue weighted by molar-refractivity contribution is -0.138. The summed E-state index contributed by atoms with van der Waals surface area (Å²) in [6, 6.07) is 20.6. The second-order valence-electron chi connectivity index (χ2n) is 12.1. The second kappa shape index (κ2) is 9.52. The zero-order valence-corrected chi connectivity index (χ0v) is 25.3. The summed E-state index contributed by atoms with van der Waals surface area (Å²) < 4.78 is 5.87. The number of fused-ring (bicyclic) bond motifs is 5. The van der Waals surface area contributed by atoms with Gasteiger partial charge in [-0.3, -0.25) is 29.0 Å². The largest absolute Gasteiger partial charge is 0.508 e. The number of aromatic nitrogens is 1. The molecule has 3 aromatic carbocycles. The van der Waals surface area contributed by atoms with Crippen LogP contribution in [0, 0.1) is 17.8 Å². The quantitative estimate of drug-likeness (QED) is 0.181. The van der Waals surface area contributed by atoms with Crippen molar-refractivity contribution in [1.29, 1.82) is 0 Å². The van der Waals surface area contributed by atoms with Crippen LogP contribution in [0.3, 0.4) is 0 Å². The van der Waals surface area contributed by atoms with Gasteiger partial charge in [0.05, 0.1) is 17.5 Å².